The maximum Gasteiger partial charge on any atom is 0.324 e. The van der Waals surface area contributed by atoms with Gasteiger partial charge in [-0.15, -0.1) is 0 Å². The van der Waals surface area contributed by atoms with Crippen molar-refractivity contribution >= 4 is 34.9 Å². The Bertz CT molecular complexity index is 1350. The summed E-state index contributed by atoms with van der Waals surface area (Å²) in [5, 5.41) is 7.71. The van der Waals surface area contributed by atoms with Crippen LogP contribution in [0.5, 0.6) is 0 Å². The van der Waals surface area contributed by atoms with Crippen LogP contribution >= 0.6 is 0 Å². The van der Waals surface area contributed by atoms with Crippen molar-refractivity contribution in [3.8, 4) is 11.3 Å². The second-order valence-electron chi connectivity index (χ2n) is 9.47. The number of urea groups is 1. The molecular weight excluding hydrogens is 456 g/mol. The number of hydrogen-bond acceptors (Lipinski definition) is 6. The van der Waals surface area contributed by atoms with Crippen molar-refractivity contribution in [1.29, 1.82) is 5.41 Å². The number of carbonyl (C=O) groups excluding carboxylic acids is 2. The fraction of sp³-hybridized carbons (Fsp3) is 0.370. The number of aromatic nitrogens is 2. The van der Waals surface area contributed by atoms with Gasteiger partial charge in [0.25, 0.3) is 0 Å². The maximum absolute atomic E-state index is 13.5. The van der Waals surface area contributed by atoms with E-state index < -0.39 is 0 Å². The summed E-state index contributed by atoms with van der Waals surface area (Å²) >= 11 is 0. The fourth-order valence-corrected chi connectivity index (χ4v) is 5.12. The lowest BCUT2D eigenvalue weighted by Gasteiger charge is -2.43. The quantitative estimate of drug-likeness (QED) is 0.555. The van der Waals surface area contributed by atoms with Crippen molar-refractivity contribution in [1.82, 2.24) is 19.8 Å². The number of carbonyl (C=O) groups is 2. The maximum atomic E-state index is 13.5. The third-order valence-corrected chi connectivity index (χ3v) is 7.12. The molecule has 0 saturated carbocycles. The van der Waals surface area contributed by atoms with E-state index in [0.717, 1.165) is 39.2 Å². The zero-order valence-corrected chi connectivity index (χ0v) is 20.8. The summed E-state index contributed by atoms with van der Waals surface area (Å²) < 4.78 is 5.00. The highest BCUT2D eigenvalue weighted by molar-refractivity contribution is 6.04. The number of piperidine rings is 1. The molecular formula is C27H30N6O3. The molecule has 0 unspecified atom stereocenters. The minimum absolute atomic E-state index is 0.0261. The van der Waals surface area contributed by atoms with E-state index in [2.05, 4.69) is 4.98 Å². The number of anilines is 1. The summed E-state index contributed by atoms with van der Waals surface area (Å²) in [6, 6.07) is 9.71. The number of amides is 3. The van der Waals surface area contributed by atoms with Gasteiger partial charge in [0.2, 0.25) is 5.91 Å². The Kier molecular flexibility index (Phi) is 6.40. The van der Waals surface area contributed by atoms with Gasteiger partial charge in [-0.25, -0.2) is 9.78 Å². The van der Waals surface area contributed by atoms with E-state index >= 15 is 0 Å². The number of rotatable bonds is 5. The number of aryl methyl sites for hydroxylation is 1. The van der Waals surface area contributed by atoms with E-state index in [-0.39, 0.29) is 24.6 Å². The van der Waals surface area contributed by atoms with Crippen LogP contribution in [0, 0.1) is 12.3 Å². The third-order valence-electron chi connectivity index (χ3n) is 7.12. The lowest BCUT2D eigenvalue weighted by molar-refractivity contribution is -0.136. The molecule has 2 aliphatic rings. The monoisotopic (exact) mass is 486 g/mol. The highest BCUT2D eigenvalue weighted by Gasteiger charge is 2.37. The molecule has 0 atom stereocenters. The number of likely N-dealkylation sites (tertiary alicyclic amines) is 1. The second-order valence-corrected chi connectivity index (χ2v) is 9.47. The van der Waals surface area contributed by atoms with Gasteiger partial charge in [-0.1, -0.05) is 12.1 Å². The van der Waals surface area contributed by atoms with Gasteiger partial charge in [-0.2, -0.15) is 0 Å². The van der Waals surface area contributed by atoms with Crippen LogP contribution in [0.25, 0.3) is 22.3 Å². The largest absolute Gasteiger partial charge is 0.375 e. The average molecular weight is 487 g/mol. The van der Waals surface area contributed by atoms with Crippen LogP contribution < -0.4 is 4.90 Å². The molecule has 5 rings (SSSR count). The lowest BCUT2D eigenvalue weighted by Crippen LogP contribution is -2.54. The third kappa shape index (κ3) is 4.19. The number of nitrogens with zero attached hydrogens (tertiary/aromatic N) is 5. The molecule has 3 amide bonds. The summed E-state index contributed by atoms with van der Waals surface area (Å²) in [6.07, 6.45) is 4.55. The number of fused-ring (bicyclic) bond motifs is 3. The molecule has 0 bridgehead atoms. The Balaban J connectivity index is 1.56. The van der Waals surface area contributed by atoms with Gasteiger partial charge in [0.15, 0.2) is 0 Å². The number of nitrogens with one attached hydrogen (secondary N) is 1. The Labute approximate surface area is 210 Å². The van der Waals surface area contributed by atoms with Crippen molar-refractivity contribution < 1.29 is 14.3 Å². The molecule has 1 aromatic carbocycles. The molecule has 2 aromatic heterocycles. The van der Waals surface area contributed by atoms with Crippen molar-refractivity contribution in [3.63, 3.8) is 0 Å². The number of benzene rings is 1. The SMILES string of the molecule is COCC(=O)N1CCC(N2C(=O)N(C)Cc3cnc4ccc(-c5ccc(C)c(C=N)c5)nc4c32)CC1. The summed E-state index contributed by atoms with van der Waals surface area (Å²) in [4.78, 5) is 40.8. The summed E-state index contributed by atoms with van der Waals surface area (Å²) in [5.74, 6) is -0.0261. The smallest absolute Gasteiger partial charge is 0.324 e. The highest BCUT2D eigenvalue weighted by Crippen LogP contribution is 2.38. The van der Waals surface area contributed by atoms with Gasteiger partial charge in [0, 0.05) is 56.8 Å². The minimum atomic E-state index is -0.0645. The first-order valence-corrected chi connectivity index (χ1v) is 12.1. The van der Waals surface area contributed by atoms with Crippen molar-refractivity contribution in [2.24, 2.45) is 0 Å². The topological polar surface area (TPSA) is 103 Å². The highest BCUT2D eigenvalue weighted by atomic mass is 16.5. The number of hydrogen-bond donors (Lipinski definition) is 1. The second kappa shape index (κ2) is 9.66. The van der Waals surface area contributed by atoms with E-state index in [1.807, 2.05) is 48.4 Å². The van der Waals surface area contributed by atoms with E-state index in [9.17, 15) is 9.59 Å². The molecule has 4 heterocycles. The van der Waals surface area contributed by atoms with Gasteiger partial charge in [-0.05, 0) is 49.1 Å². The molecule has 0 radical (unpaired) electrons. The van der Waals surface area contributed by atoms with Crippen LogP contribution in [0.1, 0.15) is 29.5 Å². The van der Waals surface area contributed by atoms with E-state index in [1.165, 1.54) is 13.3 Å². The molecule has 1 saturated heterocycles. The normalized spacial score (nSPS) is 16.4. The lowest BCUT2D eigenvalue weighted by atomic mass is 9.99. The zero-order chi connectivity index (χ0) is 25.4. The molecule has 186 valence electrons. The predicted molar refractivity (Wildman–Crippen MR) is 138 cm³/mol. The molecule has 0 spiro atoms. The number of ether oxygens (including phenoxy) is 1. The Hall–Kier alpha value is -3.85. The molecule has 36 heavy (non-hydrogen) atoms. The number of pyridine rings is 2. The van der Waals surface area contributed by atoms with Crippen LogP contribution in [0.2, 0.25) is 0 Å². The van der Waals surface area contributed by atoms with Crippen LogP contribution in [0.4, 0.5) is 10.5 Å². The van der Waals surface area contributed by atoms with Gasteiger partial charge in [0.05, 0.1) is 23.4 Å². The first kappa shape index (κ1) is 23.9. The van der Waals surface area contributed by atoms with Crippen LogP contribution in [-0.4, -0.2) is 77.8 Å². The Morgan fingerprint density at radius 1 is 1.22 bits per heavy atom. The molecule has 1 N–H and O–H groups in total. The van der Waals surface area contributed by atoms with E-state index in [0.29, 0.717) is 38.0 Å². The average Bonchev–Trinajstić information content (AvgIpc) is 2.89. The Morgan fingerprint density at radius 3 is 2.72 bits per heavy atom. The molecule has 9 nitrogen and oxygen atoms in total. The molecule has 0 aliphatic carbocycles. The predicted octanol–water partition coefficient (Wildman–Crippen LogP) is 3.61. The molecule has 9 heteroatoms. The first-order chi connectivity index (χ1) is 17.4. The van der Waals surface area contributed by atoms with Crippen molar-refractivity contribution in [3.05, 3.63) is 53.2 Å². The van der Waals surface area contributed by atoms with Gasteiger partial charge < -0.3 is 19.9 Å². The summed E-state index contributed by atoms with van der Waals surface area (Å²) in [5.41, 5.74) is 6.75. The van der Waals surface area contributed by atoms with E-state index in [4.69, 9.17) is 15.1 Å². The van der Waals surface area contributed by atoms with Crippen molar-refractivity contribution in [2.45, 2.75) is 32.4 Å². The zero-order valence-electron chi connectivity index (χ0n) is 20.8. The van der Waals surface area contributed by atoms with Crippen molar-refractivity contribution in [2.75, 3.05) is 38.8 Å². The van der Waals surface area contributed by atoms with E-state index in [1.54, 1.807) is 16.8 Å². The molecule has 3 aromatic rings. The molecule has 2 aliphatic heterocycles. The Morgan fingerprint density at radius 2 is 2.00 bits per heavy atom. The van der Waals surface area contributed by atoms with Crippen LogP contribution in [0.15, 0.2) is 36.5 Å². The van der Waals surface area contributed by atoms with Gasteiger partial charge in [0.1, 0.15) is 12.1 Å². The number of methoxy groups -OCH3 is 1. The fourth-order valence-electron chi connectivity index (χ4n) is 5.12. The summed E-state index contributed by atoms with van der Waals surface area (Å²) in [7, 11) is 3.32. The summed E-state index contributed by atoms with van der Waals surface area (Å²) in [6.45, 7) is 3.67. The van der Waals surface area contributed by atoms with Gasteiger partial charge >= 0.3 is 6.03 Å². The van der Waals surface area contributed by atoms with Crippen LogP contribution in [0.3, 0.4) is 0 Å². The molecule has 1 fully saturated rings. The first-order valence-electron chi connectivity index (χ1n) is 12.1. The van der Waals surface area contributed by atoms with Gasteiger partial charge in [-0.3, -0.25) is 14.7 Å². The standard InChI is InChI=1S/C27H30N6O3/c1-17-4-5-18(12-19(17)13-28)22-6-7-23-25(30-22)26-20(14-29-23)15-31(2)27(35)33(26)21-8-10-32(11-9-21)24(34)16-36-3/h4-7,12-14,21,28H,8-11,15-16H2,1-3H3. The minimum Gasteiger partial charge on any atom is -0.375 e. The van der Waals surface area contributed by atoms with Crippen LogP contribution in [-0.2, 0) is 16.1 Å².